The summed E-state index contributed by atoms with van der Waals surface area (Å²) in [4.78, 5) is 17.0. The third kappa shape index (κ3) is 10.4. The van der Waals surface area contributed by atoms with Crippen LogP contribution in [-0.2, 0) is 15.9 Å². The van der Waals surface area contributed by atoms with Crippen LogP contribution in [0.15, 0.2) is 66.9 Å². The minimum Gasteiger partial charge on any atom is -0.462 e. The van der Waals surface area contributed by atoms with Crippen LogP contribution in [0.5, 0.6) is 0 Å². The molecule has 0 spiro atoms. The van der Waals surface area contributed by atoms with Crippen LogP contribution < -0.4 is 0 Å². The van der Waals surface area contributed by atoms with Crippen LogP contribution in [0, 0.1) is 0 Å². The van der Waals surface area contributed by atoms with Crippen molar-refractivity contribution in [2.45, 2.75) is 83.9 Å². The van der Waals surface area contributed by atoms with E-state index in [0.29, 0.717) is 24.8 Å². The molecule has 3 aromatic rings. The molecular weight excluding hydrogens is 515 g/mol. The van der Waals surface area contributed by atoms with Crippen LogP contribution in [0.4, 0.5) is 13.2 Å². The van der Waals surface area contributed by atoms with E-state index in [2.05, 4.69) is 36.2 Å². The second-order valence-corrected chi connectivity index (χ2v) is 10.1. The molecule has 0 aliphatic heterocycles. The molecule has 0 radical (unpaired) electrons. The molecule has 1 aromatic heterocycles. The zero-order chi connectivity index (χ0) is 28.8. The van der Waals surface area contributed by atoms with E-state index in [4.69, 9.17) is 9.47 Å². The van der Waals surface area contributed by atoms with Crippen molar-refractivity contribution in [2.75, 3.05) is 13.2 Å². The third-order valence-corrected chi connectivity index (χ3v) is 6.89. The molecule has 1 atom stereocenters. The van der Waals surface area contributed by atoms with Gasteiger partial charge in [0.25, 0.3) is 0 Å². The van der Waals surface area contributed by atoms with Crippen molar-refractivity contribution in [1.82, 2.24) is 4.98 Å². The molecule has 1 heterocycles. The van der Waals surface area contributed by atoms with E-state index in [-0.39, 0.29) is 13.2 Å². The number of halogens is 3. The Morgan fingerprint density at radius 3 is 2.02 bits per heavy atom. The molecule has 4 nitrogen and oxygen atoms in total. The van der Waals surface area contributed by atoms with E-state index >= 15 is 0 Å². The second-order valence-electron chi connectivity index (χ2n) is 10.1. The Bertz CT molecular complexity index is 1140. The van der Waals surface area contributed by atoms with Crippen molar-refractivity contribution in [2.24, 2.45) is 0 Å². The van der Waals surface area contributed by atoms with Gasteiger partial charge in [0.15, 0.2) is 6.10 Å². The Morgan fingerprint density at radius 2 is 1.40 bits per heavy atom. The summed E-state index contributed by atoms with van der Waals surface area (Å²) < 4.78 is 47.3. The van der Waals surface area contributed by atoms with Gasteiger partial charge in [-0.25, -0.2) is 4.79 Å². The van der Waals surface area contributed by atoms with Crippen molar-refractivity contribution in [3.8, 4) is 22.4 Å². The number of nitrogens with zero attached hydrogens (tertiary/aromatic N) is 1. The first-order valence-corrected chi connectivity index (χ1v) is 14.3. The van der Waals surface area contributed by atoms with E-state index in [0.717, 1.165) is 42.1 Å². The Hall–Kier alpha value is -3.19. The number of aromatic nitrogens is 1. The van der Waals surface area contributed by atoms with E-state index in [1.54, 1.807) is 12.1 Å². The topological polar surface area (TPSA) is 48.4 Å². The van der Waals surface area contributed by atoms with Gasteiger partial charge >= 0.3 is 12.1 Å². The highest BCUT2D eigenvalue weighted by Crippen LogP contribution is 2.24. The molecule has 0 amide bonds. The van der Waals surface area contributed by atoms with Crippen molar-refractivity contribution < 1.29 is 27.4 Å². The number of unbranched alkanes of at least 4 members (excludes halogenated alkanes) is 6. The molecule has 0 fully saturated rings. The summed E-state index contributed by atoms with van der Waals surface area (Å²) in [6, 6.07) is 19.9. The third-order valence-electron chi connectivity index (χ3n) is 6.89. The predicted octanol–water partition coefficient (Wildman–Crippen LogP) is 9.22. The van der Waals surface area contributed by atoms with Gasteiger partial charge in [-0.05, 0) is 68.4 Å². The molecule has 3 rings (SSSR count). The maximum Gasteiger partial charge on any atom is 0.414 e. The van der Waals surface area contributed by atoms with Crippen molar-refractivity contribution in [3.05, 3.63) is 78.0 Å². The van der Waals surface area contributed by atoms with Crippen LogP contribution in [0.3, 0.4) is 0 Å². The lowest BCUT2D eigenvalue weighted by Gasteiger charge is -2.16. The number of hydrogen-bond acceptors (Lipinski definition) is 4. The summed E-state index contributed by atoms with van der Waals surface area (Å²) in [5, 5.41) is 0. The fourth-order valence-electron chi connectivity index (χ4n) is 4.29. The highest BCUT2D eigenvalue weighted by atomic mass is 19.4. The largest absolute Gasteiger partial charge is 0.462 e. The highest BCUT2D eigenvalue weighted by molar-refractivity contribution is 5.90. The molecule has 0 aliphatic rings. The van der Waals surface area contributed by atoms with Gasteiger partial charge in [0.2, 0.25) is 0 Å². The van der Waals surface area contributed by atoms with Gasteiger partial charge in [0, 0.05) is 23.9 Å². The summed E-state index contributed by atoms with van der Waals surface area (Å²) >= 11 is 0. The molecule has 0 N–H and O–H groups in total. The van der Waals surface area contributed by atoms with E-state index < -0.39 is 18.2 Å². The van der Waals surface area contributed by atoms with Gasteiger partial charge < -0.3 is 9.47 Å². The number of carbonyl (C=O) groups excluding carboxylic acids is 1. The van der Waals surface area contributed by atoms with Gasteiger partial charge in [-0.15, -0.1) is 0 Å². The average molecular weight is 556 g/mol. The van der Waals surface area contributed by atoms with Crippen molar-refractivity contribution in [3.63, 3.8) is 0 Å². The normalized spacial score (nSPS) is 12.3. The van der Waals surface area contributed by atoms with Crippen LogP contribution in [0.25, 0.3) is 22.4 Å². The SMILES string of the molecule is CCCCCCc1ccc(-c2ccc(-c3ccc(C(=O)OCCCCCCOC(C)C(F)(F)F)cc3)cn2)cc1. The molecule has 1 unspecified atom stereocenters. The summed E-state index contributed by atoms with van der Waals surface area (Å²) in [7, 11) is 0. The Balaban J connectivity index is 1.39. The molecule has 0 bridgehead atoms. The number of ether oxygens (including phenoxy) is 2. The molecule has 7 heteroatoms. The van der Waals surface area contributed by atoms with Gasteiger partial charge in [-0.1, -0.05) is 75.1 Å². The van der Waals surface area contributed by atoms with Crippen molar-refractivity contribution >= 4 is 5.97 Å². The number of alkyl halides is 3. The summed E-state index contributed by atoms with van der Waals surface area (Å²) in [5.41, 5.74) is 5.76. The number of pyridine rings is 1. The maximum absolute atomic E-state index is 12.4. The molecule has 40 heavy (non-hydrogen) atoms. The van der Waals surface area contributed by atoms with Crippen LogP contribution in [-0.4, -0.2) is 36.4 Å². The second kappa shape index (κ2) is 16.2. The summed E-state index contributed by atoms with van der Waals surface area (Å²) in [6.45, 7) is 3.57. The smallest absolute Gasteiger partial charge is 0.414 e. The molecular formula is C33H40F3NO3. The first-order chi connectivity index (χ1) is 19.3. The van der Waals surface area contributed by atoms with Crippen LogP contribution >= 0.6 is 0 Å². The number of hydrogen-bond donors (Lipinski definition) is 0. The van der Waals surface area contributed by atoms with E-state index in [9.17, 15) is 18.0 Å². The molecule has 0 saturated carbocycles. The standard InChI is InChI=1S/C33H40F3NO3/c1-3-4-5-8-11-26-12-14-28(15-13-26)31-21-20-30(24-37-31)27-16-18-29(19-17-27)32(38)40-23-10-7-6-9-22-39-25(2)33(34,35)36/h12-21,24-25H,3-11,22-23H2,1-2H3. The minimum absolute atomic E-state index is 0.0669. The van der Waals surface area contributed by atoms with Gasteiger partial charge in [-0.3, -0.25) is 4.98 Å². The number of benzene rings is 2. The molecule has 0 saturated heterocycles. The lowest BCUT2D eigenvalue weighted by atomic mass is 10.0. The Labute approximate surface area is 235 Å². The monoisotopic (exact) mass is 555 g/mol. The predicted molar refractivity (Wildman–Crippen MR) is 153 cm³/mol. The Morgan fingerprint density at radius 1 is 0.775 bits per heavy atom. The van der Waals surface area contributed by atoms with E-state index in [1.165, 1.54) is 31.2 Å². The zero-order valence-corrected chi connectivity index (χ0v) is 23.5. The number of esters is 1. The fourth-order valence-corrected chi connectivity index (χ4v) is 4.29. The number of rotatable bonds is 16. The maximum atomic E-state index is 12.4. The molecule has 2 aromatic carbocycles. The first kappa shape index (κ1) is 31.3. The number of carbonyl (C=O) groups is 1. The molecule has 0 aliphatic carbocycles. The lowest BCUT2D eigenvalue weighted by Crippen LogP contribution is -2.28. The summed E-state index contributed by atoms with van der Waals surface area (Å²) in [5.74, 6) is -0.392. The fraction of sp³-hybridized carbons (Fsp3) is 0.455. The zero-order valence-electron chi connectivity index (χ0n) is 23.5. The highest BCUT2D eigenvalue weighted by Gasteiger charge is 2.36. The number of aryl methyl sites for hydroxylation is 1. The Kier molecular flexibility index (Phi) is 12.7. The molecule has 216 valence electrons. The van der Waals surface area contributed by atoms with Gasteiger partial charge in [-0.2, -0.15) is 13.2 Å². The van der Waals surface area contributed by atoms with Crippen LogP contribution in [0.2, 0.25) is 0 Å². The summed E-state index contributed by atoms with van der Waals surface area (Å²) in [6.07, 6.45) is 4.59. The van der Waals surface area contributed by atoms with Crippen molar-refractivity contribution in [1.29, 1.82) is 0 Å². The van der Waals surface area contributed by atoms with Gasteiger partial charge in [0.05, 0.1) is 17.9 Å². The van der Waals surface area contributed by atoms with Gasteiger partial charge in [0.1, 0.15) is 0 Å². The minimum atomic E-state index is -4.33. The van der Waals surface area contributed by atoms with E-state index in [1.807, 2.05) is 30.5 Å². The lowest BCUT2D eigenvalue weighted by molar-refractivity contribution is -0.214. The average Bonchev–Trinajstić information content (AvgIpc) is 2.96. The first-order valence-electron chi connectivity index (χ1n) is 14.3. The quantitative estimate of drug-likeness (QED) is 0.131. The van der Waals surface area contributed by atoms with Crippen LogP contribution in [0.1, 0.15) is 81.1 Å².